The minimum Gasteiger partial charge on any atom is -0.493 e. The Hall–Kier alpha value is -2.91. The molecule has 0 fully saturated rings. The molecule has 0 spiro atoms. The molecule has 32 heavy (non-hydrogen) atoms. The molecule has 1 aliphatic heterocycles. The zero-order valence-electron chi connectivity index (χ0n) is 16.8. The number of halogens is 3. The summed E-state index contributed by atoms with van der Waals surface area (Å²) >= 11 is 8.67. The first-order valence-electron chi connectivity index (χ1n) is 9.47. The third kappa shape index (κ3) is 4.94. The smallest absolute Gasteiger partial charge is 0.363 e. The average molecular weight is 564 g/mol. The SMILES string of the molecule is COc1cc(/C=C2\N=C(c3ccccc3F)OC2=O)cc(Cl)c1OCc1ccc(I)cc1. The molecule has 5 nitrogen and oxygen atoms in total. The van der Waals surface area contributed by atoms with E-state index in [9.17, 15) is 9.18 Å². The lowest BCUT2D eigenvalue weighted by atomic mass is 10.1. The van der Waals surface area contributed by atoms with Crippen LogP contribution in [0.15, 0.2) is 71.4 Å². The molecule has 0 unspecified atom stereocenters. The molecule has 8 heteroatoms. The first kappa shape index (κ1) is 22.3. The van der Waals surface area contributed by atoms with Crippen molar-refractivity contribution in [2.24, 2.45) is 4.99 Å². The van der Waals surface area contributed by atoms with Gasteiger partial charge in [-0.05, 0) is 76.2 Å². The highest BCUT2D eigenvalue weighted by atomic mass is 127. The van der Waals surface area contributed by atoms with Gasteiger partial charge < -0.3 is 14.2 Å². The Kier molecular flexibility index (Phi) is 6.76. The van der Waals surface area contributed by atoms with E-state index in [4.69, 9.17) is 25.8 Å². The molecule has 1 heterocycles. The van der Waals surface area contributed by atoms with Crippen LogP contribution in [0.4, 0.5) is 4.39 Å². The number of carbonyl (C=O) groups is 1. The third-order valence-corrected chi connectivity index (χ3v) is 5.58. The second-order valence-corrected chi connectivity index (χ2v) is 8.42. The summed E-state index contributed by atoms with van der Waals surface area (Å²) in [4.78, 5) is 16.4. The van der Waals surface area contributed by atoms with Crippen LogP contribution >= 0.6 is 34.2 Å². The first-order chi connectivity index (χ1) is 15.4. The van der Waals surface area contributed by atoms with Crippen molar-refractivity contribution >= 4 is 52.1 Å². The summed E-state index contributed by atoms with van der Waals surface area (Å²) in [7, 11) is 1.50. The van der Waals surface area contributed by atoms with E-state index in [0.29, 0.717) is 28.7 Å². The molecule has 0 amide bonds. The number of ether oxygens (including phenoxy) is 3. The Morgan fingerprint density at radius 1 is 1.16 bits per heavy atom. The summed E-state index contributed by atoms with van der Waals surface area (Å²) in [5.41, 5.74) is 1.67. The van der Waals surface area contributed by atoms with Crippen LogP contribution < -0.4 is 9.47 Å². The van der Waals surface area contributed by atoms with Gasteiger partial charge in [0, 0.05) is 3.57 Å². The van der Waals surface area contributed by atoms with Gasteiger partial charge in [0.05, 0.1) is 17.7 Å². The highest BCUT2D eigenvalue weighted by Gasteiger charge is 2.26. The average Bonchev–Trinajstić information content (AvgIpc) is 3.14. The largest absolute Gasteiger partial charge is 0.493 e. The standard InChI is InChI=1S/C24H16ClFINO4/c1-30-21-12-15(10-18(25)22(21)31-13-14-6-8-16(27)9-7-14)11-20-24(29)32-23(28-20)17-4-2-3-5-19(17)26/h2-12H,13H2,1H3/b20-11-. The van der Waals surface area contributed by atoms with Crippen molar-refractivity contribution in [3.8, 4) is 11.5 Å². The zero-order chi connectivity index (χ0) is 22.7. The topological polar surface area (TPSA) is 57.1 Å². The van der Waals surface area contributed by atoms with Gasteiger partial charge in [-0.2, -0.15) is 0 Å². The third-order valence-electron chi connectivity index (χ3n) is 4.58. The molecule has 3 aromatic carbocycles. The molecular weight excluding hydrogens is 548 g/mol. The predicted molar refractivity (Wildman–Crippen MR) is 129 cm³/mol. The summed E-state index contributed by atoms with van der Waals surface area (Å²) in [6, 6.07) is 17.2. The van der Waals surface area contributed by atoms with Gasteiger partial charge in [-0.3, -0.25) is 0 Å². The minimum atomic E-state index is -0.683. The summed E-state index contributed by atoms with van der Waals surface area (Å²) in [6.07, 6.45) is 1.49. The van der Waals surface area contributed by atoms with E-state index in [1.165, 1.54) is 25.3 Å². The van der Waals surface area contributed by atoms with Crippen LogP contribution in [-0.4, -0.2) is 19.0 Å². The zero-order valence-corrected chi connectivity index (χ0v) is 19.7. The van der Waals surface area contributed by atoms with Crippen molar-refractivity contribution in [2.45, 2.75) is 6.61 Å². The van der Waals surface area contributed by atoms with Crippen molar-refractivity contribution in [1.29, 1.82) is 0 Å². The number of aliphatic imine (C=N–C) groups is 1. The summed E-state index contributed by atoms with van der Waals surface area (Å²) in [5, 5.41) is 0.311. The fourth-order valence-corrected chi connectivity index (χ4v) is 3.65. The van der Waals surface area contributed by atoms with Gasteiger partial charge in [-0.25, -0.2) is 14.2 Å². The van der Waals surface area contributed by atoms with Crippen LogP contribution in [0.1, 0.15) is 16.7 Å². The van der Waals surface area contributed by atoms with E-state index in [-0.39, 0.29) is 17.2 Å². The Labute approximate surface area is 202 Å². The Morgan fingerprint density at radius 2 is 1.91 bits per heavy atom. The minimum absolute atomic E-state index is 0.0222. The fraction of sp³-hybridized carbons (Fsp3) is 0.0833. The van der Waals surface area contributed by atoms with Crippen molar-refractivity contribution in [2.75, 3.05) is 7.11 Å². The number of nitrogens with zero attached hydrogens (tertiary/aromatic N) is 1. The molecule has 0 atom stereocenters. The number of cyclic esters (lactones) is 1. The molecule has 0 saturated heterocycles. The predicted octanol–water partition coefficient (Wildman–Crippen LogP) is 6.02. The van der Waals surface area contributed by atoms with Crippen LogP contribution in [0.5, 0.6) is 11.5 Å². The lowest BCUT2D eigenvalue weighted by Crippen LogP contribution is -2.07. The highest BCUT2D eigenvalue weighted by Crippen LogP contribution is 2.38. The number of benzene rings is 3. The maximum absolute atomic E-state index is 14.0. The Balaban J connectivity index is 1.59. The second-order valence-electron chi connectivity index (χ2n) is 6.77. The van der Waals surface area contributed by atoms with E-state index in [2.05, 4.69) is 27.6 Å². The van der Waals surface area contributed by atoms with E-state index >= 15 is 0 Å². The van der Waals surface area contributed by atoms with Gasteiger partial charge in [0.15, 0.2) is 17.2 Å². The van der Waals surface area contributed by atoms with E-state index in [1.54, 1.807) is 24.3 Å². The summed E-state index contributed by atoms with van der Waals surface area (Å²) < 4.78 is 31.6. The molecule has 0 saturated carbocycles. The molecule has 4 rings (SSSR count). The van der Waals surface area contributed by atoms with Gasteiger partial charge >= 0.3 is 5.97 Å². The van der Waals surface area contributed by atoms with E-state index in [0.717, 1.165) is 9.13 Å². The Bertz CT molecular complexity index is 1240. The van der Waals surface area contributed by atoms with Gasteiger partial charge in [0.25, 0.3) is 0 Å². The molecule has 0 radical (unpaired) electrons. The summed E-state index contributed by atoms with van der Waals surface area (Å²) in [6.45, 7) is 0.316. The van der Waals surface area contributed by atoms with Crippen molar-refractivity contribution in [3.63, 3.8) is 0 Å². The van der Waals surface area contributed by atoms with Crippen LogP contribution in [0, 0.1) is 9.39 Å². The molecule has 0 bridgehead atoms. The van der Waals surface area contributed by atoms with E-state index in [1.807, 2.05) is 24.3 Å². The van der Waals surface area contributed by atoms with Crippen LogP contribution in [0.3, 0.4) is 0 Å². The number of carbonyl (C=O) groups excluding carboxylic acids is 1. The molecular formula is C24H16ClFINO4. The van der Waals surface area contributed by atoms with Crippen LogP contribution in [-0.2, 0) is 16.1 Å². The van der Waals surface area contributed by atoms with Crippen LogP contribution in [0.2, 0.25) is 5.02 Å². The molecule has 0 aromatic heterocycles. The molecule has 162 valence electrons. The lowest BCUT2D eigenvalue weighted by molar-refractivity contribution is -0.129. The maximum atomic E-state index is 14.0. The quantitative estimate of drug-likeness (QED) is 0.209. The first-order valence-corrected chi connectivity index (χ1v) is 10.9. The van der Waals surface area contributed by atoms with Gasteiger partial charge in [0.1, 0.15) is 12.4 Å². The van der Waals surface area contributed by atoms with Crippen LogP contribution in [0.25, 0.3) is 6.08 Å². The molecule has 3 aromatic rings. The second kappa shape index (κ2) is 9.70. The van der Waals surface area contributed by atoms with Crippen molar-refractivity contribution in [1.82, 2.24) is 0 Å². The fourth-order valence-electron chi connectivity index (χ4n) is 3.02. The maximum Gasteiger partial charge on any atom is 0.363 e. The highest BCUT2D eigenvalue weighted by molar-refractivity contribution is 14.1. The monoisotopic (exact) mass is 563 g/mol. The number of rotatable bonds is 6. The van der Waals surface area contributed by atoms with E-state index < -0.39 is 11.8 Å². The van der Waals surface area contributed by atoms with Gasteiger partial charge in [-0.15, -0.1) is 0 Å². The number of hydrogen-bond acceptors (Lipinski definition) is 5. The number of hydrogen-bond donors (Lipinski definition) is 0. The van der Waals surface area contributed by atoms with Crippen molar-refractivity contribution in [3.05, 3.63) is 97.5 Å². The normalized spacial score (nSPS) is 14.3. The molecule has 1 aliphatic rings. The van der Waals surface area contributed by atoms with Gasteiger partial charge in [0.2, 0.25) is 5.90 Å². The lowest BCUT2D eigenvalue weighted by Gasteiger charge is -2.13. The molecule has 0 aliphatic carbocycles. The van der Waals surface area contributed by atoms with Gasteiger partial charge in [-0.1, -0.05) is 35.9 Å². The number of methoxy groups -OCH3 is 1. The summed E-state index contributed by atoms with van der Waals surface area (Å²) in [5.74, 6) is -0.508. The molecule has 0 N–H and O–H groups in total. The van der Waals surface area contributed by atoms with Crippen molar-refractivity contribution < 1.29 is 23.4 Å². The Morgan fingerprint density at radius 3 is 2.62 bits per heavy atom. The number of esters is 1.